The molecule has 0 unspecified atom stereocenters. The molecule has 1 aromatic heterocycles. The van der Waals surface area contributed by atoms with Crippen LogP contribution in [0.3, 0.4) is 0 Å². The minimum atomic E-state index is -0.731. The molecule has 1 amide bonds. The summed E-state index contributed by atoms with van der Waals surface area (Å²) < 4.78 is 0.741. The van der Waals surface area contributed by atoms with Gasteiger partial charge in [-0.2, -0.15) is 5.10 Å². The maximum absolute atomic E-state index is 12.0. The quantitative estimate of drug-likeness (QED) is 0.385. The molecule has 1 heterocycles. The van der Waals surface area contributed by atoms with Gasteiger partial charge in [0.05, 0.1) is 16.9 Å². The van der Waals surface area contributed by atoms with E-state index in [1.807, 2.05) is 0 Å². The molecule has 2 rings (SSSR count). The smallest absolute Gasteiger partial charge is 0.291 e. The van der Waals surface area contributed by atoms with E-state index in [2.05, 4.69) is 31.4 Å². The van der Waals surface area contributed by atoms with Gasteiger partial charge in [-0.3, -0.25) is 4.79 Å². The molecule has 1 aromatic carbocycles. The van der Waals surface area contributed by atoms with Crippen molar-refractivity contribution < 1.29 is 9.90 Å². The fourth-order valence-electron chi connectivity index (χ4n) is 1.52. The Kier molecular flexibility index (Phi) is 5.69. The third-order valence-electron chi connectivity index (χ3n) is 2.65. The number of rotatable bonds is 3. The van der Waals surface area contributed by atoms with E-state index in [4.69, 9.17) is 40.5 Å². The van der Waals surface area contributed by atoms with Gasteiger partial charge in [-0.15, -0.1) is 0 Å². The summed E-state index contributed by atoms with van der Waals surface area (Å²) in [6, 6.07) is 4.76. The Hall–Kier alpha value is -1.54. The molecular formula is C13H8BrCl3N4O2. The number of amides is 1. The molecule has 4 N–H and O–H groups in total. The Morgan fingerprint density at radius 2 is 2.04 bits per heavy atom. The number of anilines is 1. The number of halogens is 4. The summed E-state index contributed by atoms with van der Waals surface area (Å²) in [7, 11) is 0. The highest BCUT2D eigenvalue weighted by Crippen LogP contribution is 2.34. The number of carbonyl (C=O) groups excluding carboxylic acids is 1. The number of nitrogens with two attached hydrogens (primary N) is 1. The van der Waals surface area contributed by atoms with E-state index in [0.717, 1.165) is 4.47 Å². The van der Waals surface area contributed by atoms with Gasteiger partial charge in [0.25, 0.3) is 5.91 Å². The van der Waals surface area contributed by atoms with Crippen LogP contribution in [0.1, 0.15) is 16.1 Å². The van der Waals surface area contributed by atoms with E-state index < -0.39 is 5.91 Å². The second-order valence-corrected chi connectivity index (χ2v) is 6.22. The van der Waals surface area contributed by atoms with Gasteiger partial charge in [-0.25, -0.2) is 10.4 Å². The summed E-state index contributed by atoms with van der Waals surface area (Å²) in [5, 5.41) is 13.1. The Bertz CT molecular complexity index is 814. The van der Waals surface area contributed by atoms with Crippen LogP contribution in [0.15, 0.2) is 27.8 Å². The second kappa shape index (κ2) is 7.35. The van der Waals surface area contributed by atoms with Crippen LogP contribution in [0.25, 0.3) is 0 Å². The summed E-state index contributed by atoms with van der Waals surface area (Å²) in [6.45, 7) is 0. The van der Waals surface area contributed by atoms with Gasteiger partial charge in [0, 0.05) is 10.0 Å². The van der Waals surface area contributed by atoms with Crippen LogP contribution >= 0.6 is 50.7 Å². The second-order valence-electron chi connectivity index (χ2n) is 4.20. The van der Waals surface area contributed by atoms with Crippen LogP contribution in [0.5, 0.6) is 5.75 Å². The maximum atomic E-state index is 12.0. The number of hydrogen-bond acceptors (Lipinski definition) is 5. The average Bonchev–Trinajstić information content (AvgIpc) is 2.52. The van der Waals surface area contributed by atoms with Crippen molar-refractivity contribution in [2.75, 3.05) is 5.73 Å². The van der Waals surface area contributed by atoms with Crippen molar-refractivity contribution in [1.29, 1.82) is 0 Å². The number of aromatic hydroxyl groups is 1. The van der Waals surface area contributed by atoms with Crippen LogP contribution < -0.4 is 11.2 Å². The number of benzene rings is 1. The molecule has 0 atom stereocenters. The van der Waals surface area contributed by atoms with Crippen molar-refractivity contribution in [1.82, 2.24) is 10.4 Å². The lowest BCUT2D eigenvalue weighted by molar-refractivity contribution is 0.0950. The Labute approximate surface area is 154 Å². The third kappa shape index (κ3) is 4.06. The fraction of sp³-hybridized carbons (Fsp3) is 0. The van der Waals surface area contributed by atoms with Gasteiger partial charge in [-0.1, -0.05) is 50.7 Å². The number of hydrazone groups is 1. The Balaban J connectivity index is 2.20. The standard InChI is InChI=1S/C13H8BrCl3N4O2/c14-6-1-2-7(22)5(3-6)4-19-21-13(23)11-8(15)10(18)9(16)12(17)20-11/h1-4,22H,(H2,18,20)(H,21,23)/b19-4+. The van der Waals surface area contributed by atoms with E-state index in [0.29, 0.717) is 5.56 Å². The summed E-state index contributed by atoms with van der Waals surface area (Å²) >= 11 is 20.7. The van der Waals surface area contributed by atoms with Crippen molar-refractivity contribution >= 4 is 68.5 Å². The van der Waals surface area contributed by atoms with Gasteiger partial charge >= 0.3 is 0 Å². The summed E-state index contributed by atoms with van der Waals surface area (Å²) in [5.41, 5.74) is 7.97. The van der Waals surface area contributed by atoms with E-state index >= 15 is 0 Å². The van der Waals surface area contributed by atoms with Crippen LogP contribution in [0.4, 0.5) is 5.69 Å². The highest BCUT2D eigenvalue weighted by Gasteiger charge is 2.19. The zero-order chi connectivity index (χ0) is 17.1. The Morgan fingerprint density at radius 3 is 2.74 bits per heavy atom. The van der Waals surface area contributed by atoms with Crippen molar-refractivity contribution in [2.24, 2.45) is 5.10 Å². The molecule has 120 valence electrons. The molecule has 0 spiro atoms. The molecule has 0 radical (unpaired) electrons. The monoisotopic (exact) mass is 436 g/mol. The lowest BCUT2D eigenvalue weighted by Gasteiger charge is -2.07. The summed E-state index contributed by atoms with van der Waals surface area (Å²) in [4.78, 5) is 15.8. The minimum absolute atomic E-state index is 0.00105. The average molecular weight is 438 g/mol. The van der Waals surface area contributed by atoms with E-state index in [-0.39, 0.29) is 32.3 Å². The summed E-state index contributed by atoms with van der Waals surface area (Å²) in [5.74, 6) is -0.729. The number of aromatic nitrogens is 1. The number of phenols is 1. The zero-order valence-electron chi connectivity index (χ0n) is 11.1. The van der Waals surface area contributed by atoms with Crippen LogP contribution in [0.2, 0.25) is 15.2 Å². The van der Waals surface area contributed by atoms with Crippen LogP contribution in [-0.2, 0) is 0 Å². The lowest BCUT2D eigenvalue weighted by Crippen LogP contribution is -2.20. The van der Waals surface area contributed by atoms with Crippen molar-refractivity contribution in [3.8, 4) is 5.75 Å². The predicted octanol–water partition coefficient (Wildman–Crippen LogP) is 3.86. The zero-order valence-corrected chi connectivity index (χ0v) is 15.0. The van der Waals surface area contributed by atoms with E-state index in [1.165, 1.54) is 12.3 Å². The first-order valence-electron chi connectivity index (χ1n) is 5.93. The van der Waals surface area contributed by atoms with Crippen molar-refractivity contribution in [2.45, 2.75) is 0 Å². The largest absolute Gasteiger partial charge is 0.507 e. The molecule has 0 fully saturated rings. The van der Waals surface area contributed by atoms with Crippen molar-refractivity contribution in [3.05, 3.63) is 49.1 Å². The van der Waals surface area contributed by atoms with Gasteiger partial charge in [0.1, 0.15) is 10.8 Å². The molecule has 0 aliphatic carbocycles. The van der Waals surface area contributed by atoms with Gasteiger partial charge in [-0.05, 0) is 18.2 Å². The normalized spacial score (nSPS) is 11.0. The maximum Gasteiger partial charge on any atom is 0.291 e. The topological polar surface area (TPSA) is 101 Å². The van der Waals surface area contributed by atoms with Gasteiger partial charge in [0.2, 0.25) is 0 Å². The molecule has 0 aliphatic rings. The van der Waals surface area contributed by atoms with E-state index in [9.17, 15) is 9.90 Å². The number of carbonyl (C=O) groups is 1. The van der Waals surface area contributed by atoms with Crippen molar-refractivity contribution in [3.63, 3.8) is 0 Å². The first-order valence-corrected chi connectivity index (χ1v) is 7.85. The first-order chi connectivity index (χ1) is 10.8. The van der Waals surface area contributed by atoms with Gasteiger partial charge < -0.3 is 10.8 Å². The number of pyridine rings is 1. The molecule has 0 saturated heterocycles. The molecule has 0 bridgehead atoms. The highest BCUT2D eigenvalue weighted by atomic mass is 79.9. The van der Waals surface area contributed by atoms with E-state index in [1.54, 1.807) is 12.1 Å². The van der Waals surface area contributed by atoms with Gasteiger partial charge in [0.15, 0.2) is 10.8 Å². The molecule has 6 nitrogen and oxygen atoms in total. The highest BCUT2D eigenvalue weighted by molar-refractivity contribution is 9.10. The van der Waals surface area contributed by atoms with Crippen LogP contribution in [0, 0.1) is 0 Å². The number of nitrogens with one attached hydrogen (secondary N) is 1. The number of phenolic OH excluding ortho intramolecular Hbond substituents is 1. The third-order valence-corrected chi connectivity index (χ3v) is 4.28. The predicted molar refractivity (Wildman–Crippen MR) is 94.5 cm³/mol. The molecule has 2 aromatic rings. The molecule has 0 aliphatic heterocycles. The molecule has 10 heteroatoms. The van der Waals surface area contributed by atoms with Crippen LogP contribution in [-0.4, -0.2) is 22.2 Å². The fourth-order valence-corrected chi connectivity index (χ4v) is 2.50. The molecule has 0 saturated carbocycles. The Morgan fingerprint density at radius 1 is 1.35 bits per heavy atom. The molecule has 23 heavy (non-hydrogen) atoms. The lowest BCUT2D eigenvalue weighted by atomic mass is 10.2. The first kappa shape index (κ1) is 17.8. The number of hydrogen-bond donors (Lipinski definition) is 3. The number of nitrogen functional groups attached to an aromatic ring is 1. The number of nitrogens with zero attached hydrogens (tertiary/aromatic N) is 2. The summed E-state index contributed by atoms with van der Waals surface area (Å²) in [6.07, 6.45) is 1.26. The molecular weight excluding hydrogens is 430 g/mol. The minimum Gasteiger partial charge on any atom is -0.507 e. The SMILES string of the molecule is Nc1c(Cl)c(Cl)nc(C(=O)N/N=C/c2cc(Br)ccc2O)c1Cl.